The van der Waals surface area contributed by atoms with Crippen molar-refractivity contribution in [2.45, 2.75) is 58.9 Å². The van der Waals surface area contributed by atoms with Crippen LogP contribution in [-0.2, 0) is 0 Å². The highest BCUT2D eigenvalue weighted by molar-refractivity contribution is 4.88. The Labute approximate surface area is 88.7 Å². The number of piperidine rings is 1. The number of rotatable bonds is 0. The lowest BCUT2D eigenvalue weighted by Crippen LogP contribution is -2.95. The van der Waals surface area contributed by atoms with E-state index in [2.05, 4.69) is 26.1 Å². The minimum atomic E-state index is 0.525. The Morgan fingerprint density at radius 3 is 2.43 bits per heavy atom. The van der Waals surface area contributed by atoms with E-state index in [1.165, 1.54) is 38.6 Å². The number of hydrogen-bond acceptors (Lipinski definition) is 0. The molecular weight excluding hydrogens is 170 g/mol. The van der Waals surface area contributed by atoms with Gasteiger partial charge in [0.05, 0.1) is 12.6 Å². The molecule has 0 bridgehead atoms. The number of quaternary nitrogens is 1. The first-order valence-electron chi connectivity index (χ1n) is 6.42. The molecule has 2 rings (SSSR count). The molecule has 1 saturated carbocycles. The largest absolute Gasteiger partial charge is 0.343 e. The molecule has 2 N–H and O–H groups in total. The Hall–Kier alpha value is -0.0400. The van der Waals surface area contributed by atoms with E-state index in [9.17, 15) is 0 Å². The van der Waals surface area contributed by atoms with E-state index in [1.807, 2.05) is 0 Å². The van der Waals surface area contributed by atoms with Gasteiger partial charge in [-0.2, -0.15) is 0 Å². The van der Waals surface area contributed by atoms with E-state index in [1.54, 1.807) is 0 Å². The van der Waals surface area contributed by atoms with Crippen LogP contribution in [0.1, 0.15) is 52.9 Å². The molecule has 14 heavy (non-hydrogen) atoms. The van der Waals surface area contributed by atoms with Crippen molar-refractivity contribution in [3.05, 3.63) is 0 Å². The first-order chi connectivity index (χ1) is 6.59. The topological polar surface area (TPSA) is 16.6 Å². The zero-order chi connectivity index (χ0) is 10.2. The highest BCUT2D eigenvalue weighted by Gasteiger charge is 2.42. The molecule has 0 amide bonds. The van der Waals surface area contributed by atoms with Crippen LogP contribution in [0, 0.1) is 17.3 Å². The van der Waals surface area contributed by atoms with Crippen LogP contribution in [0.5, 0.6) is 0 Å². The summed E-state index contributed by atoms with van der Waals surface area (Å²) in [6.07, 6.45) is 7.43. The van der Waals surface area contributed by atoms with Gasteiger partial charge < -0.3 is 5.32 Å². The SMILES string of the molecule is CC(C)(C)[C@@H]1CCC[C@@H]2CCC[NH2+][C@H]21. The number of hydrogen-bond donors (Lipinski definition) is 1. The van der Waals surface area contributed by atoms with Crippen LogP contribution >= 0.6 is 0 Å². The summed E-state index contributed by atoms with van der Waals surface area (Å²) < 4.78 is 0. The third-order valence-corrected chi connectivity index (χ3v) is 4.43. The fourth-order valence-electron chi connectivity index (χ4n) is 3.71. The van der Waals surface area contributed by atoms with Crippen LogP contribution in [0.2, 0.25) is 0 Å². The van der Waals surface area contributed by atoms with Crippen LogP contribution in [0.15, 0.2) is 0 Å². The van der Waals surface area contributed by atoms with Gasteiger partial charge in [-0.05, 0) is 31.1 Å². The van der Waals surface area contributed by atoms with Crippen molar-refractivity contribution in [1.29, 1.82) is 0 Å². The van der Waals surface area contributed by atoms with Crippen molar-refractivity contribution >= 4 is 0 Å². The lowest BCUT2D eigenvalue weighted by molar-refractivity contribution is -0.715. The monoisotopic (exact) mass is 196 g/mol. The molecule has 0 aromatic rings. The molecule has 0 unspecified atom stereocenters. The molecular formula is C13H26N+. The van der Waals surface area contributed by atoms with Crippen LogP contribution in [0.4, 0.5) is 0 Å². The summed E-state index contributed by atoms with van der Waals surface area (Å²) in [7, 11) is 0. The molecule has 1 nitrogen and oxygen atoms in total. The van der Waals surface area contributed by atoms with Gasteiger partial charge >= 0.3 is 0 Å². The van der Waals surface area contributed by atoms with Crippen LogP contribution in [0.25, 0.3) is 0 Å². The third kappa shape index (κ3) is 1.98. The van der Waals surface area contributed by atoms with Gasteiger partial charge in [-0.15, -0.1) is 0 Å². The number of nitrogens with two attached hydrogens (primary N) is 1. The Kier molecular flexibility index (Phi) is 2.88. The molecule has 1 aliphatic carbocycles. The molecule has 3 atom stereocenters. The second kappa shape index (κ2) is 3.84. The van der Waals surface area contributed by atoms with Crippen molar-refractivity contribution in [3.8, 4) is 0 Å². The van der Waals surface area contributed by atoms with Crippen LogP contribution in [-0.4, -0.2) is 12.6 Å². The van der Waals surface area contributed by atoms with Crippen LogP contribution in [0.3, 0.4) is 0 Å². The van der Waals surface area contributed by atoms with Gasteiger partial charge in [0, 0.05) is 11.8 Å². The Bertz CT molecular complexity index is 190. The standard InChI is InChI=1S/C13H25N/c1-13(2,3)11-8-4-6-10-7-5-9-14-12(10)11/h10-12,14H,4-9H2,1-3H3/p+1/t10-,11-,12-/m1/s1. The fourth-order valence-corrected chi connectivity index (χ4v) is 3.71. The first-order valence-corrected chi connectivity index (χ1v) is 6.42. The summed E-state index contributed by atoms with van der Waals surface area (Å²) in [6, 6.07) is 0.956. The van der Waals surface area contributed by atoms with Crippen molar-refractivity contribution in [1.82, 2.24) is 0 Å². The first kappa shape index (κ1) is 10.5. The zero-order valence-corrected chi connectivity index (χ0v) is 10.1. The highest BCUT2D eigenvalue weighted by atomic mass is 14.9. The summed E-state index contributed by atoms with van der Waals surface area (Å²) >= 11 is 0. The molecule has 1 heteroatoms. The maximum atomic E-state index is 2.66. The van der Waals surface area contributed by atoms with E-state index in [-0.39, 0.29) is 0 Å². The normalized spacial score (nSPS) is 39.2. The number of fused-ring (bicyclic) bond motifs is 1. The second-order valence-corrected chi connectivity index (χ2v) is 6.41. The molecule has 0 aromatic carbocycles. The van der Waals surface area contributed by atoms with Crippen LogP contribution < -0.4 is 5.32 Å². The van der Waals surface area contributed by atoms with Gasteiger partial charge in [0.25, 0.3) is 0 Å². The van der Waals surface area contributed by atoms with Gasteiger partial charge in [0.15, 0.2) is 0 Å². The summed E-state index contributed by atoms with van der Waals surface area (Å²) in [6.45, 7) is 8.68. The lowest BCUT2D eigenvalue weighted by Gasteiger charge is -2.44. The molecule has 0 aromatic heterocycles. The quantitative estimate of drug-likeness (QED) is 0.611. The Morgan fingerprint density at radius 2 is 1.71 bits per heavy atom. The maximum absolute atomic E-state index is 2.66. The third-order valence-electron chi connectivity index (χ3n) is 4.43. The van der Waals surface area contributed by atoms with Gasteiger partial charge in [-0.3, -0.25) is 0 Å². The van der Waals surface area contributed by atoms with Crippen molar-refractivity contribution in [2.24, 2.45) is 17.3 Å². The summed E-state index contributed by atoms with van der Waals surface area (Å²) in [4.78, 5) is 0. The van der Waals surface area contributed by atoms with Gasteiger partial charge in [-0.25, -0.2) is 0 Å². The summed E-state index contributed by atoms with van der Waals surface area (Å²) in [5, 5.41) is 2.66. The van der Waals surface area contributed by atoms with E-state index >= 15 is 0 Å². The van der Waals surface area contributed by atoms with Gasteiger partial charge in [-0.1, -0.05) is 27.2 Å². The minimum Gasteiger partial charge on any atom is -0.343 e. The Morgan fingerprint density at radius 1 is 1.00 bits per heavy atom. The smallest absolute Gasteiger partial charge is 0.0921 e. The molecule has 2 fully saturated rings. The average Bonchev–Trinajstić information content (AvgIpc) is 2.15. The summed E-state index contributed by atoms with van der Waals surface area (Å²) in [5.74, 6) is 2.00. The Balaban J connectivity index is 2.09. The molecule has 2 aliphatic rings. The van der Waals surface area contributed by atoms with E-state index in [0.29, 0.717) is 5.41 Å². The van der Waals surface area contributed by atoms with E-state index in [0.717, 1.165) is 17.9 Å². The molecule has 1 aliphatic heterocycles. The summed E-state index contributed by atoms with van der Waals surface area (Å²) in [5.41, 5.74) is 0.525. The minimum absolute atomic E-state index is 0.525. The van der Waals surface area contributed by atoms with Crippen molar-refractivity contribution in [2.75, 3.05) is 6.54 Å². The highest BCUT2D eigenvalue weighted by Crippen LogP contribution is 2.41. The predicted octanol–water partition coefficient (Wildman–Crippen LogP) is 2.17. The van der Waals surface area contributed by atoms with Gasteiger partial charge in [0.1, 0.15) is 0 Å². The average molecular weight is 196 g/mol. The molecule has 0 spiro atoms. The molecule has 82 valence electrons. The lowest BCUT2D eigenvalue weighted by atomic mass is 9.64. The van der Waals surface area contributed by atoms with E-state index in [4.69, 9.17) is 0 Å². The second-order valence-electron chi connectivity index (χ2n) is 6.41. The molecule has 0 radical (unpaired) electrons. The van der Waals surface area contributed by atoms with Crippen molar-refractivity contribution < 1.29 is 5.32 Å². The zero-order valence-electron chi connectivity index (χ0n) is 10.1. The predicted molar refractivity (Wildman–Crippen MR) is 60.1 cm³/mol. The molecule has 1 heterocycles. The van der Waals surface area contributed by atoms with Gasteiger partial charge in [0.2, 0.25) is 0 Å². The fraction of sp³-hybridized carbons (Fsp3) is 1.00. The van der Waals surface area contributed by atoms with Crippen molar-refractivity contribution in [3.63, 3.8) is 0 Å². The van der Waals surface area contributed by atoms with E-state index < -0.39 is 0 Å². The maximum Gasteiger partial charge on any atom is 0.0921 e. The molecule has 1 saturated heterocycles.